The molecular formula is C23H19N3O6. The number of ether oxygens (including phenoxy) is 1. The highest BCUT2D eigenvalue weighted by molar-refractivity contribution is 6.13. The topological polar surface area (TPSA) is 135 Å². The van der Waals surface area contributed by atoms with Crippen molar-refractivity contribution in [1.29, 1.82) is 5.26 Å². The maximum atomic E-state index is 13.2. The van der Waals surface area contributed by atoms with Crippen molar-refractivity contribution in [2.75, 3.05) is 7.11 Å². The molecule has 9 nitrogen and oxygen atoms in total. The summed E-state index contributed by atoms with van der Waals surface area (Å²) in [5, 5.41) is 31.7. The van der Waals surface area contributed by atoms with Crippen LogP contribution in [0.1, 0.15) is 32.6 Å². The van der Waals surface area contributed by atoms with E-state index in [0.29, 0.717) is 12.2 Å². The lowest BCUT2D eigenvalue weighted by atomic mass is 9.96. The maximum absolute atomic E-state index is 13.2. The van der Waals surface area contributed by atoms with Crippen LogP contribution in [0.2, 0.25) is 0 Å². The van der Waals surface area contributed by atoms with Gasteiger partial charge in [-0.1, -0.05) is 24.3 Å². The number of nitro benzene ring substituents is 1. The molecule has 0 saturated heterocycles. The number of carbonyl (C=O) groups excluding carboxylic acids is 1. The number of hydrogen-bond donors (Lipinski definition) is 1. The third kappa shape index (κ3) is 4.06. The Morgan fingerprint density at radius 3 is 2.47 bits per heavy atom. The summed E-state index contributed by atoms with van der Waals surface area (Å²) >= 11 is 0. The number of aryl methyl sites for hydroxylation is 1. The van der Waals surface area contributed by atoms with Gasteiger partial charge in [-0.15, -0.1) is 0 Å². The number of ketones is 1. The summed E-state index contributed by atoms with van der Waals surface area (Å²) in [4.78, 5) is 36.6. The smallest absolute Gasteiger partial charge is 0.280 e. The summed E-state index contributed by atoms with van der Waals surface area (Å²) in [5.41, 5.74) is -1.24. The van der Waals surface area contributed by atoms with Gasteiger partial charge in [-0.2, -0.15) is 5.26 Å². The molecule has 9 heteroatoms. The van der Waals surface area contributed by atoms with E-state index in [1.165, 1.54) is 38.3 Å². The third-order valence-electron chi connectivity index (χ3n) is 5.16. The summed E-state index contributed by atoms with van der Waals surface area (Å²) in [6.07, 6.45) is 0.324. The molecule has 0 unspecified atom stereocenters. The fraction of sp³-hybridized carbons (Fsp3) is 0.174. The van der Waals surface area contributed by atoms with Crippen LogP contribution in [0.3, 0.4) is 0 Å². The summed E-state index contributed by atoms with van der Waals surface area (Å²) < 4.78 is 6.05. The van der Waals surface area contributed by atoms with Crippen LogP contribution >= 0.6 is 0 Å². The Bertz CT molecular complexity index is 1300. The first kappa shape index (κ1) is 22.2. The number of nitro groups is 1. The average Bonchev–Trinajstić information content (AvgIpc) is 2.79. The van der Waals surface area contributed by atoms with Crippen LogP contribution in [0.5, 0.6) is 11.6 Å². The second-order valence-electron chi connectivity index (χ2n) is 6.97. The first-order valence-electron chi connectivity index (χ1n) is 9.57. The van der Waals surface area contributed by atoms with Gasteiger partial charge in [-0.3, -0.25) is 24.3 Å². The maximum Gasteiger partial charge on any atom is 0.280 e. The molecular weight excluding hydrogens is 414 g/mol. The molecule has 3 aromatic rings. The Kier molecular flexibility index (Phi) is 6.35. The van der Waals surface area contributed by atoms with E-state index in [1.54, 1.807) is 30.3 Å². The average molecular weight is 433 g/mol. The highest BCUT2D eigenvalue weighted by Crippen LogP contribution is 2.29. The van der Waals surface area contributed by atoms with Gasteiger partial charge < -0.3 is 9.84 Å². The number of pyridine rings is 1. The molecule has 0 aliphatic carbocycles. The molecule has 0 amide bonds. The van der Waals surface area contributed by atoms with Crippen molar-refractivity contribution < 1.29 is 19.6 Å². The van der Waals surface area contributed by atoms with Gasteiger partial charge in [0.15, 0.2) is 0 Å². The molecule has 1 aromatic heterocycles. The lowest BCUT2D eigenvalue weighted by Crippen LogP contribution is -2.27. The number of benzene rings is 2. The predicted octanol–water partition coefficient (Wildman–Crippen LogP) is 3.12. The number of para-hydroxylation sites is 1. The van der Waals surface area contributed by atoms with Gasteiger partial charge in [0, 0.05) is 12.6 Å². The van der Waals surface area contributed by atoms with Crippen LogP contribution in [-0.2, 0) is 13.0 Å². The van der Waals surface area contributed by atoms with Crippen molar-refractivity contribution in [3.63, 3.8) is 0 Å². The third-order valence-corrected chi connectivity index (χ3v) is 5.16. The van der Waals surface area contributed by atoms with E-state index in [0.717, 1.165) is 10.1 Å². The van der Waals surface area contributed by atoms with E-state index in [-0.39, 0.29) is 28.8 Å². The van der Waals surface area contributed by atoms with Gasteiger partial charge in [0.25, 0.3) is 11.2 Å². The summed E-state index contributed by atoms with van der Waals surface area (Å²) in [6, 6.07) is 14.2. The van der Waals surface area contributed by atoms with Crippen molar-refractivity contribution in [3.8, 4) is 17.7 Å². The van der Waals surface area contributed by atoms with Gasteiger partial charge in [-0.05, 0) is 42.7 Å². The van der Waals surface area contributed by atoms with Crippen LogP contribution in [-0.4, -0.2) is 27.5 Å². The van der Waals surface area contributed by atoms with E-state index < -0.39 is 27.8 Å². The standard InChI is InChI=1S/C23H19N3O6/c1-14-18(13-24)22(28)25(12-11-15-7-9-16(32-2)10-8-15)23(29)20(14)21(27)17-5-3-4-6-19(17)26(30)31/h3-10,29H,11-12H2,1-2H3. The minimum absolute atomic E-state index is 0.0108. The molecule has 0 spiro atoms. The first-order valence-corrected chi connectivity index (χ1v) is 9.57. The minimum Gasteiger partial charge on any atom is -0.497 e. The monoisotopic (exact) mass is 433 g/mol. The second-order valence-corrected chi connectivity index (χ2v) is 6.97. The van der Waals surface area contributed by atoms with E-state index in [4.69, 9.17) is 4.74 Å². The predicted molar refractivity (Wildman–Crippen MR) is 115 cm³/mol. The molecule has 0 aliphatic rings. The van der Waals surface area contributed by atoms with Gasteiger partial charge in [-0.25, -0.2) is 0 Å². The molecule has 162 valence electrons. The van der Waals surface area contributed by atoms with Gasteiger partial charge in [0.1, 0.15) is 22.9 Å². The lowest BCUT2D eigenvalue weighted by molar-refractivity contribution is -0.385. The minimum atomic E-state index is -0.845. The van der Waals surface area contributed by atoms with Crippen molar-refractivity contribution in [2.24, 2.45) is 0 Å². The Labute approximate surface area is 182 Å². The summed E-state index contributed by atoms with van der Waals surface area (Å²) in [6.45, 7) is 1.35. The van der Waals surface area contributed by atoms with Crippen molar-refractivity contribution >= 4 is 11.5 Å². The number of rotatable bonds is 7. The number of methoxy groups -OCH3 is 1. The molecule has 0 radical (unpaired) electrons. The zero-order valence-electron chi connectivity index (χ0n) is 17.4. The van der Waals surface area contributed by atoms with Gasteiger partial charge in [0.2, 0.25) is 11.7 Å². The molecule has 0 saturated carbocycles. The highest BCUT2D eigenvalue weighted by Gasteiger charge is 2.28. The molecule has 0 aliphatic heterocycles. The molecule has 0 atom stereocenters. The Balaban J connectivity index is 2.10. The number of hydrogen-bond acceptors (Lipinski definition) is 7. The number of carbonyl (C=O) groups is 1. The molecule has 3 rings (SSSR count). The van der Waals surface area contributed by atoms with Crippen LogP contribution in [0, 0.1) is 28.4 Å². The summed E-state index contributed by atoms with van der Waals surface area (Å²) in [5.74, 6) is -0.821. The van der Waals surface area contributed by atoms with E-state index in [1.807, 2.05) is 0 Å². The molecule has 0 fully saturated rings. The van der Waals surface area contributed by atoms with Crippen LogP contribution < -0.4 is 10.3 Å². The molecule has 0 bridgehead atoms. The van der Waals surface area contributed by atoms with Gasteiger partial charge >= 0.3 is 0 Å². The SMILES string of the molecule is COc1ccc(CCn2c(O)c(C(=O)c3ccccc3[N+](=O)[O-])c(C)c(C#N)c2=O)cc1. The Morgan fingerprint density at radius 2 is 1.88 bits per heavy atom. The van der Waals surface area contributed by atoms with Crippen molar-refractivity contribution in [1.82, 2.24) is 4.57 Å². The zero-order valence-corrected chi connectivity index (χ0v) is 17.4. The highest BCUT2D eigenvalue weighted by atomic mass is 16.6. The molecule has 2 aromatic carbocycles. The second kappa shape index (κ2) is 9.14. The molecule has 1 N–H and O–H groups in total. The Hall–Kier alpha value is -4.45. The normalized spacial score (nSPS) is 10.4. The largest absolute Gasteiger partial charge is 0.497 e. The molecule has 32 heavy (non-hydrogen) atoms. The molecule has 1 heterocycles. The van der Waals surface area contributed by atoms with Gasteiger partial charge in [0.05, 0.1) is 17.6 Å². The quantitative estimate of drug-likeness (QED) is 0.343. The zero-order chi connectivity index (χ0) is 23.4. The van der Waals surface area contributed by atoms with Crippen LogP contribution in [0.4, 0.5) is 5.69 Å². The first-order chi connectivity index (χ1) is 15.3. The van der Waals surface area contributed by atoms with E-state index in [2.05, 4.69) is 0 Å². The van der Waals surface area contributed by atoms with Crippen LogP contribution in [0.15, 0.2) is 53.3 Å². The number of nitrogens with zero attached hydrogens (tertiary/aromatic N) is 3. The van der Waals surface area contributed by atoms with E-state index >= 15 is 0 Å². The van der Waals surface area contributed by atoms with Crippen LogP contribution in [0.25, 0.3) is 0 Å². The van der Waals surface area contributed by atoms with Crippen molar-refractivity contribution in [2.45, 2.75) is 19.9 Å². The number of aromatic nitrogens is 1. The van der Waals surface area contributed by atoms with E-state index in [9.17, 15) is 30.1 Å². The fourth-order valence-corrected chi connectivity index (χ4v) is 3.42. The number of nitriles is 1. The lowest BCUT2D eigenvalue weighted by Gasteiger charge is -2.16. The summed E-state index contributed by atoms with van der Waals surface area (Å²) in [7, 11) is 1.54. The Morgan fingerprint density at radius 1 is 1.22 bits per heavy atom. The fourth-order valence-electron chi connectivity index (χ4n) is 3.42. The van der Waals surface area contributed by atoms with Crippen molar-refractivity contribution in [3.05, 3.63) is 96.8 Å². The number of aromatic hydroxyl groups is 1.